The molecule has 0 aromatic carbocycles. The summed E-state index contributed by atoms with van der Waals surface area (Å²) in [5, 5.41) is 21.1. The molecule has 0 aromatic heterocycles. The molecule has 0 amide bonds. The molecule has 4 saturated carbocycles. The first-order chi connectivity index (χ1) is 8.33. The zero-order valence-corrected chi connectivity index (χ0v) is 10.4. The van der Waals surface area contributed by atoms with Gasteiger partial charge in [0.05, 0.1) is 0 Å². The summed E-state index contributed by atoms with van der Waals surface area (Å²) in [5.74, 6) is -3.72. The van der Waals surface area contributed by atoms with E-state index >= 15 is 0 Å². The Hall–Kier alpha value is -0.640. The summed E-state index contributed by atoms with van der Waals surface area (Å²) in [5.41, 5.74) is -0.731. The van der Waals surface area contributed by atoms with Gasteiger partial charge in [0.1, 0.15) is 6.10 Å². The van der Waals surface area contributed by atoms with Crippen LogP contribution in [0.3, 0.4) is 0 Å². The highest BCUT2D eigenvalue weighted by Gasteiger charge is 2.59. The standard InChI is InChI=1S/C14H20F2O2/c1-8(17)14(15,16)12(18)13-5-9-2-10(6-13)4-11(3-9)7-13/h9-12,17-18H,1-7H2/p-1. The smallest absolute Gasteiger partial charge is 0.284 e. The highest BCUT2D eigenvalue weighted by molar-refractivity contribution is 5.11. The summed E-state index contributed by atoms with van der Waals surface area (Å²) in [4.78, 5) is 0. The van der Waals surface area contributed by atoms with Crippen molar-refractivity contribution in [1.82, 2.24) is 0 Å². The molecule has 1 unspecified atom stereocenters. The fraction of sp³-hybridized carbons (Fsp3) is 0.857. The first kappa shape index (κ1) is 12.4. The molecule has 1 N–H and O–H groups in total. The predicted molar refractivity (Wildman–Crippen MR) is 60.7 cm³/mol. The van der Waals surface area contributed by atoms with Gasteiger partial charge in [0, 0.05) is 5.41 Å². The molecule has 0 aromatic rings. The average molecular weight is 257 g/mol. The lowest BCUT2D eigenvalue weighted by atomic mass is 9.47. The SMILES string of the molecule is C=C([O-])C(F)(F)C(O)C12CC3CC(CC(C3)C1)C2. The van der Waals surface area contributed by atoms with Gasteiger partial charge in [-0.2, -0.15) is 8.78 Å². The van der Waals surface area contributed by atoms with E-state index in [1.807, 2.05) is 0 Å². The molecule has 0 heterocycles. The van der Waals surface area contributed by atoms with Crippen LogP contribution >= 0.6 is 0 Å². The Balaban J connectivity index is 1.89. The Morgan fingerprint density at radius 3 is 1.89 bits per heavy atom. The summed E-state index contributed by atoms with van der Waals surface area (Å²) in [6.45, 7) is 2.81. The fourth-order valence-corrected chi connectivity index (χ4v) is 5.05. The van der Waals surface area contributed by atoms with E-state index in [2.05, 4.69) is 6.58 Å². The Bertz CT molecular complexity index is 343. The Labute approximate surface area is 106 Å². The molecule has 0 saturated heterocycles. The van der Waals surface area contributed by atoms with E-state index in [0.29, 0.717) is 37.0 Å². The molecule has 4 fully saturated rings. The summed E-state index contributed by atoms with van der Waals surface area (Å²) >= 11 is 0. The topological polar surface area (TPSA) is 43.3 Å². The highest BCUT2D eigenvalue weighted by Crippen LogP contribution is 2.62. The van der Waals surface area contributed by atoms with E-state index in [-0.39, 0.29) is 0 Å². The Morgan fingerprint density at radius 2 is 1.56 bits per heavy atom. The van der Waals surface area contributed by atoms with Crippen LogP contribution in [0.2, 0.25) is 0 Å². The van der Waals surface area contributed by atoms with Gasteiger partial charge in [-0.25, -0.2) is 0 Å². The van der Waals surface area contributed by atoms with E-state index in [1.165, 1.54) is 0 Å². The van der Waals surface area contributed by atoms with Crippen molar-refractivity contribution in [1.29, 1.82) is 0 Å². The van der Waals surface area contributed by atoms with Gasteiger partial charge in [-0.1, -0.05) is 5.76 Å². The number of rotatable bonds is 3. The van der Waals surface area contributed by atoms with Crippen LogP contribution in [-0.2, 0) is 0 Å². The summed E-state index contributed by atoms with van der Waals surface area (Å²) in [7, 11) is 0. The molecule has 0 spiro atoms. The van der Waals surface area contributed by atoms with Gasteiger partial charge >= 0.3 is 0 Å². The molecule has 0 aliphatic heterocycles. The summed E-state index contributed by atoms with van der Waals surface area (Å²) in [6, 6.07) is 0. The zero-order chi connectivity index (χ0) is 13.1. The van der Waals surface area contributed by atoms with Gasteiger partial charge in [0.15, 0.2) is 0 Å². The number of hydrogen-bond acceptors (Lipinski definition) is 2. The maximum absolute atomic E-state index is 13.8. The Kier molecular flexibility index (Phi) is 2.54. The van der Waals surface area contributed by atoms with Crippen LogP contribution in [0.1, 0.15) is 38.5 Å². The third kappa shape index (κ3) is 1.61. The normalized spacial score (nSPS) is 44.1. The van der Waals surface area contributed by atoms with Crippen molar-refractivity contribution in [3.05, 3.63) is 12.3 Å². The van der Waals surface area contributed by atoms with Crippen LogP contribution in [0.15, 0.2) is 12.3 Å². The van der Waals surface area contributed by atoms with Crippen molar-refractivity contribution in [2.45, 2.75) is 50.6 Å². The second-order valence-corrected chi connectivity index (χ2v) is 6.73. The van der Waals surface area contributed by atoms with Gasteiger partial charge in [-0.05, 0) is 56.3 Å². The minimum Gasteiger partial charge on any atom is -0.872 e. The third-order valence-corrected chi connectivity index (χ3v) is 5.38. The molecule has 1 atom stereocenters. The van der Waals surface area contributed by atoms with E-state index in [4.69, 9.17) is 0 Å². The van der Waals surface area contributed by atoms with Gasteiger partial charge in [0.25, 0.3) is 5.92 Å². The zero-order valence-electron chi connectivity index (χ0n) is 10.4. The van der Waals surface area contributed by atoms with Crippen molar-refractivity contribution in [3.63, 3.8) is 0 Å². The van der Waals surface area contributed by atoms with Crippen LogP contribution in [0.5, 0.6) is 0 Å². The minimum atomic E-state index is -3.69. The predicted octanol–water partition coefficient (Wildman–Crippen LogP) is 2.07. The highest BCUT2D eigenvalue weighted by atomic mass is 19.3. The van der Waals surface area contributed by atoms with Gasteiger partial charge < -0.3 is 10.2 Å². The lowest BCUT2D eigenvalue weighted by molar-refractivity contribution is -0.357. The van der Waals surface area contributed by atoms with E-state index in [1.54, 1.807) is 0 Å². The second-order valence-electron chi connectivity index (χ2n) is 6.73. The van der Waals surface area contributed by atoms with Gasteiger partial charge in [-0.15, -0.1) is 6.58 Å². The molecule has 4 aliphatic rings. The van der Waals surface area contributed by atoms with Crippen LogP contribution in [0.25, 0.3) is 0 Å². The lowest BCUT2D eigenvalue weighted by Gasteiger charge is -2.59. The monoisotopic (exact) mass is 257 g/mol. The van der Waals surface area contributed by atoms with E-state index < -0.39 is 23.2 Å². The number of alkyl halides is 2. The molecule has 0 radical (unpaired) electrons. The molecule has 4 aliphatic carbocycles. The molecular weight excluding hydrogens is 238 g/mol. The van der Waals surface area contributed by atoms with E-state index in [0.717, 1.165) is 19.3 Å². The maximum atomic E-state index is 13.8. The number of hydrogen-bond donors (Lipinski definition) is 1. The summed E-state index contributed by atoms with van der Waals surface area (Å²) in [6.07, 6.45) is 3.49. The van der Waals surface area contributed by atoms with Gasteiger partial charge in [0.2, 0.25) is 0 Å². The molecule has 2 nitrogen and oxygen atoms in total. The minimum absolute atomic E-state index is 0.474. The number of aliphatic hydroxyl groups is 1. The fourth-order valence-electron chi connectivity index (χ4n) is 5.05. The van der Waals surface area contributed by atoms with Crippen LogP contribution in [0.4, 0.5) is 8.78 Å². The quantitative estimate of drug-likeness (QED) is 0.787. The van der Waals surface area contributed by atoms with Crippen molar-refractivity contribution < 1.29 is 19.0 Å². The lowest BCUT2D eigenvalue weighted by Crippen LogP contribution is -2.58. The molecule has 102 valence electrons. The first-order valence-corrected chi connectivity index (χ1v) is 6.76. The van der Waals surface area contributed by atoms with E-state index in [9.17, 15) is 19.0 Å². The van der Waals surface area contributed by atoms with Crippen molar-refractivity contribution in [2.75, 3.05) is 0 Å². The molecule has 18 heavy (non-hydrogen) atoms. The largest absolute Gasteiger partial charge is 0.872 e. The second kappa shape index (κ2) is 3.69. The first-order valence-electron chi connectivity index (χ1n) is 6.76. The molecule has 4 rings (SSSR count). The van der Waals surface area contributed by atoms with Crippen LogP contribution < -0.4 is 5.11 Å². The van der Waals surface area contributed by atoms with Crippen molar-refractivity contribution >= 4 is 0 Å². The van der Waals surface area contributed by atoms with Crippen LogP contribution in [-0.4, -0.2) is 17.1 Å². The average Bonchev–Trinajstić information content (AvgIpc) is 2.25. The molecule has 4 heteroatoms. The number of halogens is 2. The summed E-state index contributed by atoms with van der Waals surface area (Å²) < 4.78 is 27.6. The van der Waals surface area contributed by atoms with Crippen molar-refractivity contribution in [3.8, 4) is 0 Å². The third-order valence-electron chi connectivity index (χ3n) is 5.38. The number of aliphatic hydroxyl groups excluding tert-OH is 1. The Morgan fingerprint density at radius 1 is 1.17 bits per heavy atom. The maximum Gasteiger partial charge on any atom is 0.284 e. The van der Waals surface area contributed by atoms with Crippen molar-refractivity contribution in [2.24, 2.45) is 23.2 Å². The molecule has 4 bridgehead atoms. The van der Waals surface area contributed by atoms with Gasteiger partial charge in [-0.3, -0.25) is 0 Å². The molecular formula is C14H19F2O2-. The van der Waals surface area contributed by atoms with Crippen LogP contribution in [0, 0.1) is 23.2 Å².